The van der Waals surface area contributed by atoms with Crippen molar-refractivity contribution >= 4 is 11.8 Å². The van der Waals surface area contributed by atoms with Gasteiger partial charge in [-0.25, -0.2) is 8.78 Å². The van der Waals surface area contributed by atoms with Gasteiger partial charge in [0, 0.05) is 30.7 Å². The number of aliphatic imine (C=N–C) groups is 1. The molecule has 0 amide bonds. The fraction of sp³-hybridized carbons (Fsp3) is 0.235. The molecular formula is C17H14F2N2O. The average molecular weight is 300 g/mol. The van der Waals surface area contributed by atoms with Crippen LogP contribution >= 0.6 is 0 Å². The Morgan fingerprint density at radius 3 is 2.73 bits per heavy atom. The van der Waals surface area contributed by atoms with Gasteiger partial charge in [0.05, 0.1) is 12.5 Å². The minimum absolute atomic E-state index is 0.00190. The van der Waals surface area contributed by atoms with Crippen LogP contribution in [0.15, 0.2) is 52.3 Å². The number of hydrogen-bond acceptors (Lipinski definition) is 3. The molecule has 0 saturated carbocycles. The Morgan fingerprint density at radius 1 is 1.18 bits per heavy atom. The normalized spacial score (nSPS) is 26.8. The zero-order valence-corrected chi connectivity index (χ0v) is 11.7. The third kappa shape index (κ3) is 2.27. The molecule has 2 aliphatic heterocycles. The van der Waals surface area contributed by atoms with Gasteiger partial charge in [-0.15, -0.1) is 0 Å². The molecule has 1 aromatic heterocycles. The molecule has 1 fully saturated rings. The fourth-order valence-electron chi connectivity index (χ4n) is 3.23. The van der Waals surface area contributed by atoms with Crippen LogP contribution in [0.25, 0.3) is 5.57 Å². The van der Waals surface area contributed by atoms with Gasteiger partial charge in [-0.05, 0) is 34.9 Å². The van der Waals surface area contributed by atoms with Crippen LogP contribution in [0.4, 0.5) is 8.78 Å². The van der Waals surface area contributed by atoms with Gasteiger partial charge in [0.2, 0.25) is 0 Å². The SMILES string of the molecule is Fc1cc(F)cc(C2=CC3C(N=C2)NCC3c2ccoc2)c1. The molecule has 1 aromatic carbocycles. The third-order valence-electron chi connectivity index (χ3n) is 4.29. The molecule has 3 nitrogen and oxygen atoms in total. The second kappa shape index (κ2) is 5.18. The van der Waals surface area contributed by atoms with Crippen LogP contribution in [0.1, 0.15) is 17.0 Å². The molecule has 1 N–H and O–H groups in total. The molecule has 3 atom stereocenters. The van der Waals surface area contributed by atoms with E-state index < -0.39 is 11.6 Å². The number of fused-ring (bicyclic) bond motifs is 1. The highest BCUT2D eigenvalue weighted by atomic mass is 19.1. The highest BCUT2D eigenvalue weighted by molar-refractivity contribution is 6.10. The van der Waals surface area contributed by atoms with E-state index in [2.05, 4.69) is 10.3 Å². The fourth-order valence-corrected chi connectivity index (χ4v) is 3.23. The van der Waals surface area contributed by atoms with Gasteiger partial charge >= 0.3 is 0 Å². The number of allylic oxidation sites excluding steroid dienone is 1. The predicted octanol–water partition coefficient (Wildman–Crippen LogP) is 3.35. The maximum atomic E-state index is 13.4. The number of nitrogens with one attached hydrogen (secondary N) is 1. The number of rotatable bonds is 2. The summed E-state index contributed by atoms with van der Waals surface area (Å²) in [5, 5.41) is 3.36. The number of halogens is 2. The molecular weight excluding hydrogens is 286 g/mol. The number of hydrogen-bond donors (Lipinski definition) is 1. The Hall–Kier alpha value is -2.27. The van der Waals surface area contributed by atoms with Crippen molar-refractivity contribution in [3.05, 3.63) is 65.6 Å². The van der Waals surface area contributed by atoms with Gasteiger partial charge in [0.15, 0.2) is 0 Å². The predicted molar refractivity (Wildman–Crippen MR) is 79.6 cm³/mol. The molecule has 2 aromatic rings. The molecule has 3 unspecified atom stereocenters. The lowest BCUT2D eigenvalue weighted by Gasteiger charge is -2.22. The molecule has 0 spiro atoms. The summed E-state index contributed by atoms with van der Waals surface area (Å²) in [5.74, 6) is -0.775. The molecule has 1 saturated heterocycles. The van der Waals surface area contributed by atoms with Crippen molar-refractivity contribution in [3.8, 4) is 0 Å². The van der Waals surface area contributed by atoms with Crippen molar-refractivity contribution in [2.45, 2.75) is 12.1 Å². The molecule has 5 heteroatoms. The van der Waals surface area contributed by atoms with E-state index in [0.717, 1.165) is 23.7 Å². The first-order valence-electron chi connectivity index (χ1n) is 7.18. The Morgan fingerprint density at radius 2 is 2.00 bits per heavy atom. The van der Waals surface area contributed by atoms with E-state index in [4.69, 9.17) is 4.42 Å². The molecule has 4 rings (SSSR count). The zero-order chi connectivity index (χ0) is 15.1. The summed E-state index contributed by atoms with van der Waals surface area (Å²) in [6, 6.07) is 5.48. The van der Waals surface area contributed by atoms with Gasteiger partial charge in [0.25, 0.3) is 0 Å². The third-order valence-corrected chi connectivity index (χ3v) is 4.29. The smallest absolute Gasteiger partial charge is 0.126 e. The molecule has 112 valence electrons. The highest BCUT2D eigenvalue weighted by Gasteiger charge is 2.37. The summed E-state index contributed by atoms with van der Waals surface area (Å²) >= 11 is 0. The van der Waals surface area contributed by atoms with E-state index in [-0.39, 0.29) is 18.0 Å². The lowest BCUT2D eigenvalue weighted by atomic mass is 9.85. The van der Waals surface area contributed by atoms with Gasteiger partial charge in [-0.3, -0.25) is 10.3 Å². The minimum Gasteiger partial charge on any atom is -0.472 e. The topological polar surface area (TPSA) is 37.5 Å². The summed E-state index contributed by atoms with van der Waals surface area (Å²) in [5.41, 5.74) is 2.37. The standard InChI is InChI=1S/C17H14F2N2O/c18-13-3-11(4-14(19)6-13)12-5-15-16(10-1-2-22-9-10)8-21-17(15)20-7-12/h1-7,9,15-17,21H,8H2. The molecule has 22 heavy (non-hydrogen) atoms. The summed E-state index contributed by atoms with van der Waals surface area (Å²) in [6.07, 6.45) is 7.12. The van der Waals surface area contributed by atoms with Crippen molar-refractivity contribution < 1.29 is 13.2 Å². The molecule has 3 heterocycles. The Labute approximate surface area is 126 Å². The van der Waals surface area contributed by atoms with Crippen molar-refractivity contribution in [2.75, 3.05) is 6.54 Å². The Bertz CT molecular complexity index is 732. The van der Waals surface area contributed by atoms with E-state index >= 15 is 0 Å². The van der Waals surface area contributed by atoms with Crippen LogP contribution in [0.3, 0.4) is 0 Å². The lowest BCUT2D eigenvalue weighted by molar-refractivity contribution is 0.510. The number of furan rings is 1. The second-order valence-corrected chi connectivity index (χ2v) is 5.65. The minimum atomic E-state index is -0.581. The van der Waals surface area contributed by atoms with Gasteiger partial charge in [0.1, 0.15) is 17.8 Å². The largest absolute Gasteiger partial charge is 0.472 e. The van der Waals surface area contributed by atoms with E-state index in [1.54, 1.807) is 18.7 Å². The lowest BCUT2D eigenvalue weighted by Crippen LogP contribution is -2.26. The molecule has 2 aliphatic rings. The summed E-state index contributed by atoms with van der Waals surface area (Å²) in [7, 11) is 0. The summed E-state index contributed by atoms with van der Waals surface area (Å²) < 4.78 is 32.0. The van der Waals surface area contributed by atoms with Crippen molar-refractivity contribution in [1.29, 1.82) is 0 Å². The number of dihydropyridines is 1. The van der Waals surface area contributed by atoms with Crippen molar-refractivity contribution in [2.24, 2.45) is 10.9 Å². The van der Waals surface area contributed by atoms with E-state index in [9.17, 15) is 8.78 Å². The Kier molecular flexibility index (Phi) is 3.15. The van der Waals surface area contributed by atoms with Crippen LogP contribution in [0.5, 0.6) is 0 Å². The molecule has 0 aliphatic carbocycles. The quantitative estimate of drug-likeness (QED) is 0.923. The van der Waals surface area contributed by atoms with Gasteiger partial charge in [-0.2, -0.15) is 0 Å². The number of nitrogens with zero attached hydrogens (tertiary/aromatic N) is 1. The first kappa shape index (κ1) is 13.4. The van der Waals surface area contributed by atoms with Gasteiger partial charge < -0.3 is 4.42 Å². The van der Waals surface area contributed by atoms with Crippen LogP contribution in [0.2, 0.25) is 0 Å². The van der Waals surface area contributed by atoms with Crippen LogP contribution < -0.4 is 5.32 Å². The Balaban J connectivity index is 1.70. The van der Waals surface area contributed by atoms with E-state index in [0.29, 0.717) is 5.56 Å². The van der Waals surface area contributed by atoms with Crippen LogP contribution in [-0.2, 0) is 0 Å². The van der Waals surface area contributed by atoms with Crippen molar-refractivity contribution in [1.82, 2.24) is 5.32 Å². The maximum absolute atomic E-state index is 13.4. The van der Waals surface area contributed by atoms with Crippen molar-refractivity contribution in [3.63, 3.8) is 0 Å². The van der Waals surface area contributed by atoms with Gasteiger partial charge in [-0.1, -0.05) is 6.08 Å². The first-order chi connectivity index (χ1) is 10.7. The summed E-state index contributed by atoms with van der Waals surface area (Å²) in [4.78, 5) is 4.49. The van der Waals surface area contributed by atoms with E-state index in [1.807, 2.05) is 12.1 Å². The summed E-state index contributed by atoms with van der Waals surface area (Å²) in [6.45, 7) is 0.799. The second-order valence-electron chi connectivity index (χ2n) is 5.65. The maximum Gasteiger partial charge on any atom is 0.126 e. The van der Waals surface area contributed by atoms with Crippen LogP contribution in [0, 0.1) is 17.6 Å². The average Bonchev–Trinajstić information content (AvgIpc) is 3.14. The molecule has 0 radical (unpaired) electrons. The number of benzene rings is 1. The highest BCUT2D eigenvalue weighted by Crippen LogP contribution is 2.37. The zero-order valence-electron chi connectivity index (χ0n) is 11.7. The first-order valence-corrected chi connectivity index (χ1v) is 7.18. The van der Waals surface area contributed by atoms with Crippen LogP contribution in [-0.4, -0.2) is 18.9 Å². The monoisotopic (exact) mass is 300 g/mol. The molecule has 0 bridgehead atoms. The van der Waals surface area contributed by atoms with E-state index in [1.165, 1.54) is 12.1 Å².